The maximum absolute atomic E-state index is 12.7. The van der Waals surface area contributed by atoms with Crippen molar-refractivity contribution in [1.29, 1.82) is 0 Å². The second-order valence-corrected chi connectivity index (χ2v) is 7.48. The number of hydrogen-bond donors (Lipinski definition) is 0. The Balaban J connectivity index is 1.73. The van der Waals surface area contributed by atoms with E-state index in [1.165, 1.54) is 0 Å². The number of amides is 1. The van der Waals surface area contributed by atoms with Gasteiger partial charge in [-0.15, -0.1) is 0 Å². The number of carbonyl (C=O) groups excluding carboxylic acids is 1. The van der Waals surface area contributed by atoms with Gasteiger partial charge in [-0.1, -0.05) is 36.7 Å². The number of benzene rings is 2. The molecule has 1 aromatic heterocycles. The van der Waals surface area contributed by atoms with Crippen molar-refractivity contribution in [3.05, 3.63) is 76.6 Å². The van der Waals surface area contributed by atoms with Crippen LogP contribution in [0.15, 0.2) is 59.7 Å². The van der Waals surface area contributed by atoms with Crippen LogP contribution in [0.3, 0.4) is 0 Å². The van der Waals surface area contributed by atoms with Crippen molar-refractivity contribution < 1.29 is 9.53 Å². The van der Waals surface area contributed by atoms with Gasteiger partial charge in [-0.2, -0.15) is 10.2 Å². The summed E-state index contributed by atoms with van der Waals surface area (Å²) in [5.41, 5.74) is 4.28. The van der Waals surface area contributed by atoms with E-state index in [1.54, 1.807) is 16.8 Å². The Kier molecular flexibility index (Phi) is 5.59. The Morgan fingerprint density at radius 3 is 2.50 bits per heavy atom. The Morgan fingerprint density at radius 2 is 1.87 bits per heavy atom. The highest BCUT2D eigenvalue weighted by molar-refractivity contribution is 6.30. The fraction of sp³-hybridized carbons (Fsp3) is 0.261. The van der Waals surface area contributed by atoms with Gasteiger partial charge in [0.2, 0.25) is 5.91 Å². The van der Waals surface area contributed by atoms with Crippen LogP contribution < -0.4 is 4.74 Å². The minimum absolute atomic E-state index is 0.0496. The van der Waals surface area contributed by atoms with Crippen molar-refractivity contribution >= 4 is 23.2 Å². The van der Waals surface area contributed by atoms with E-state index in [2.05, 4.69) is 10.2 Å². The van der Waals surface area contributed by atoms with Crippen LogP contribution in [0.2, 0.25) is 5.15 Å². The van der Waals surface area contributed by atoms with E-state index >= 15 is 0 Å². The van der Waals surface area contributed by atoms with Gasteiger partial charge >= 0.3 is 0 Å². The predicted molar refractivity (Wildman–Crippen MR) is 117 cm³/mol. The highest BCUT2D eigenvalue weighted by Crippen LogP contribution is 2.39. The zero-order chi connectivity index (χ0) is 21.3. The zero-order valence-corrected chi connectivity index (χ0v) is 17.9. The van der Waals surface area contributed by atoms with Crippen LogP contribution in [0.25, 0.3) is 5.69 Å². The minimum Gasteiger partial charge on any atom is -0.497 e. The first-order valence-corrected chi connectivity index (χ1v) is 10.3. The zero-order valence-electron chi connectivity index (χ0n) is 17.2. The molecule has 1 amide bonds. The molecule has 4 rings (SSSR count). The first-order valence-electron chi connectivity index (χ1n) is 9.87. The number of carbonyl (C=O) groups is 1. The molecule has 0 spiro atoms. The number of rotatable bonds is 5. The van der Waals surface area contributed by atoms with Gasteiger partial charge in [-0.3, -0.25) is 4.79 Å². The van der Waals surface area contributed by atoms with Crippen LogP contribution in [-0.2, 0) is 4.79 Å². The van der Waals surface area contributed by atoms with Crippen molar-refractivity contribution in [2.45, 2.75) is 32.7 Å². The summed E-state index contributed by atoms with van der Waals surface area (Å²) in [5.74, 6) is 0.727. The summed E-state index contributed by atoms with van der Waals surface area (Å²) >= 11 is 6.79. The third kappa shape index (κ3) is 3.59. The van der Waals surface area contributed by atoms with Crippen molar-refractivity contribution in [3.8, 4) is 11.4 Å². The molecule has 154 valence electrons. The number of hydrogen-bond acceptors (Lipinski definition) is 4. The lowest BCUT2D eigenvalue weighted by Crippen LogP contribution is -2.26. The monoisotopic (exact) mass is 422 g/mol. The predicted octanol–water partition coefficient (Wildman–Crippen LogP) is 4.93. The lowest BCUT2D eigenvalue weighted by Gasteiger charge is -2.21. The van der Waals surface area contributed by atoms with Crippen molar-refractivity contribution in [2.24, 2.45) is 5.10 Å². The van der Waals surface area contributed by atoms with Crippen molar-refractivity contribution in [3.63, 3.8) is 0 Å². The molecule has 1 atom stereocenters. The molecule has 0 radical (unpaired) electrons. The molecule has 6 nitrogen and oxygen atoms in total. The lowest BCUT2D eigenvalue weighted by molar-refractivity contribution is -0.132. The summed E-state index contributed by atoms with van der Waals surface area (Å²) in [7, 11) is 1.63. The second-order valence-electron chi connectivity index (χ2n) is 7.12. The molecular weight excluding hydrogens is 400 g/mol. The smallest absolute Gasteiger partial charge is 0.242 e. The van der Waals surface area contributed by atoms with Gasteiger partial charge in [0.1, 0.15) is 10.9 Å². The third-order valence-electron chi connectivity index (χ3n) is 5.27. The van der Waals surface area contributed by atoms with Crippen molar-refractivity contribution in [2.75, 3.05) is 7.11 Å². The second kappa shape index (κ2) is 8.32. The Bertz CT molecular complexity index is 1090. The molecule has 3 aromatic rings. The third-order valence-corrected chi connectivity index (χ3v) is 5.64. The largest absolute Gasteiger partial charge is 0.497 e. The molecule has 0 saturated carbocycles. The first-order chi connectivity index (χ1) is 14.5. The standard InChI is InChI=1S/C23H23ClN4O2/c1-4-21(29)28-20(14-19(26-28)16-10-12-18(30-3)13-11-16)22-15(2)25-27(23(22)24)17-8-6-5-7-9-17/h5-13,20H,4,14H2,1-3H3. The lowest BCUT2D eigenvalue weighted by atomic mass is 9.98. The molecule has 2 heterocycles. The molecule has 0 fully saturated rings. The van der Waals surface area contributed by atoms with Crippen LogP contribution in [0, 0.1) is 6.92 Å². The molecule has 0 saturated heterocycles. The summed E-state index contributed by atoms with van der Waals surface area (Å²) in [6, 6.07) is 17.1. The number of ether oxygens (including phenoxy) is 1. The number of aromatic nitrogens is 2. The number of hydrazone groups is 1. The van der Waals surface area contributed by atoms with Gasteiger partial charge in [0.15, 0.2) is 0 Å². The number of halogens is 1. The highest BCUT2D eigenvalue weighted by atomic mass is 35.5. The van der Waals surface area contributed by atoms with Crippen LogP contribution in [0.5, 0.6) is 5.75 Å². The summed E-state index contributed by atoms with van der Waals surface area (Å²) < 4.78 is 6.96. The molecule has 0 bridgehead atoms. The maximum atomic E-state index is 12.7. The minimum atomic E-state index is -0.292. The van der Waals surface area contributed by atoms with Gasteiger partial charge in [0, 0.05) is 18.4 Å². The normalized spacial score (nSPS) is 15.9. The fourth-order valence-corrected chi connectivity index (χ4v) is 4.11. The van der Waals surface area contributed by atoms with Crippen molar-refractivity contribution in [1.82, 2.24) is 14.8 Å². The Labute approximate surface area is 180 Å². The average molecular weight is 423 g/mol. The molecule has 30 heavy (non-hydrogen) atoms. The number of nitrogens with zero attached hydrogens (tertiary/aromatic N) is 4. The van der Waals surface area contributed by atoms with E-state index in [9.17, 15) is 4.79 Å². The highest BCUT2D eigenvalue weighted by Gasteiger charge is 2.36. The maximum Gasteiger partial charge on any atom is 0.242 e. The summed E-state index contributed by atoms with van der Waals surface area (Å²) in [6.07, 6.45) is 0.929. The molecular formula is C23H23ClN4O2. The SMILES string of the molecule is CCC(=O)N1N=C(c2ccc(OC)cc2)CC1c1c(C)nn(-c2ccccc2)c1Cl. The molecule has 2 aromatic carbocycles. The summed E-state index contributed by atoms with van der Waals surface area (Å²) in [6.45, 7) is 3.75. The molecule has 1 aliphatic heterocycles. The molecule has 1 unspecified atom stereocenters. The van der Waals surface area contributed by atoms with E-state index in [4.69, 9.17) is 16.3 Å². The van der Waals surface area contributed by atoms with Gasteiger partial charge < -0.3 is 4.74 Å². The van der Waals surface area contributed by atoms with Crippen LogP contribution in [-0.4, -0.2) is 33.5 Å². The topological polar surface area (TPSA) is 59.7 Å². The van der Waals surface area contributed by atoms with Crippen LogP contribution in [0.1, 0.15) is 42.6 Å². The van der Waals surface area contributed by atoms with Gasteiger partial charge in [-0.05, 0) is 48.9 Å². The van der Waals surface area contributed by atoms with Gasteiger partial charge in [0.25, 0.3) is 0 Å². The van der Waals surface area contributed by atoms with Crippen LogP contribution >= 0.6 is 11.6 Å². The van der Waals surface area contributed by atoms with E-state index in [0.29, 0.717) is 18.0 Å². The average Bonchev–Trinajstić information content (AvgIpc) is 3.34. The number of para-hydroxylation sites is 1. The van der Waals surface area contributed by atoms with Gasteiger partial charge in [-0.25, -0.2) is 9.69 Å². The van der Waals surface area contributed by atoms with E-state index in [0.717, 1.165) is 34.0 Å². The number of methoxy groups -OCH3 is 1. The van der Waals surface area contributed by atoms with E-state index in [-0.39, 0.29) is 11.9 Å². The first kappa shape index (κ1) is 20.2. The Morgan fingerprint density at radius 1 is 1.17 bits per heavy atom. The fourth-order valence-electron chi connectivity index (χ4n) is 3.72. The Hall–Kier alpha value is -3.12. The molecule has 7 heteroatoms. The van der Waals surface area contributed by atoms with E-state index < -0.39 is 0 Å². The summed E-state index contributed by atoms with van der Waals surface area (Å²) in [4.78, 5) is 12.7. The van der Waals surface area contributed by atoms with Crippen LogP contribution in [0.4, 0.5) is 0 Å². The quantitative estimate of drug-likeness (QED) is 0.585. The molecule has 0 aliphatic carbocycles. The molecule has 1 aliphatic rings. The molecule has 0 N–H and O–H groups in total. The number of aryl methyl sites for hydroxylation is 1. The summed E-state index contributed by atoms with van der Waals surface area (Å²) in [5, 5.41) is 11.4. The van der Waals surface area contributed by atoms with Gasteiger partial charge in [0.05, 0.1) is 30.2 Å². The van der Waals surface area contributed by atoms with E-state index in [1.807, 2.05) is 68.4 Å².